The zero-order valence-electron chi connectivity index (χ0n) is 29.5. The third kappa shape index (κ3) is 7.88. The predicted octanol–water partition coefficient (Wildman–Crippen LogP) is 5.78. The number of anilines is 1. The van der Waals surface area contributed by atoms with E-state index in [2.05, 4.69) is 21.8 Å². The average molecular weight is 741 g/mol. The van der Waals surface area contributed by atoms with E-state index < -0.39 is 21.5 Å². The van der Waals surface area contributed by atoms with Crippen molar-refractivity contribution in [1.82, 2.24) is 4.72 Å². The molecule has 0 aromatic heterocycles. The monoisotopic (exact) mass is 740 g/mol. The Kier molecular flexibility index (Phi) is 10.6. The van der Waals surface area contributed by atoms with Crippen LogP contribution in [0.5, 0.6) is 5.75 Å². The topological polar surface area (TPSA) is 120 Å². The third-order valence-corrected chi connectivity index (χ3v) is 13.2. The number of aryl methyl sites for hydroxylation is 1. The molecule has 1 amide bonds. The molecule has 2 aliphatic carbocycles. The van der Waals surface area contributed by atoms with E-state index in [0.29, 0.717) is 61.7 Å². The summed E-state index contributed by atoms with van der Waals surface area (Å²) in [6, 6.07) is 11.0. The van der Waals surface area contributed by atoms with Crippen molar-refractivity contribution in [2.45, 2.75) is 87.2 Å². The molecular weight excluding hydrogens is 692 g/mol. The van der Waals surface area contributed by atoms with Crippen LogP contribution in [0.25, 0.3) is 0 Å². The normalized spacial score (nSPS) is 29.7. The lowest BCUT2D eigenvalue weighted by atomic mass is 9.68. The highest BCUT2D eigenvalue weighted by atomic mass is 35.5. The molecule has 5 aliphatic rings. The second-order valence-electron chi connectivity index (χ2n) is 15.5. The third-order valence-electron chi connectivity index (χ3n) is 11.6. The lowest BCUT2D eigenvalue weighted by Gasteiger charge is -2.46. The first-order chi connectivity index (χ1) is 24.4. The summed E-state index contributed by atoms with van der Waals surface area (Å²) in [4.78, 5) is 28.7. The number of amides is 1. The summed E-state index contributed by atoms with van der Waals surface area (Å²) < 4.78 is 53.9. The van der Waals surface area contributed by atoms with Crippen LogP contribution >= 0.6 is 11.6 Å². The Labute approximate surface area is 306 Å². The maximum Gasteiger partial charge on any atom is 0.265 e. The molecule has 12 heteroatoms. The summed E-state index contributed by atoms with van der Waals surface area (Å²) in [6.45, 7) is 6.30. The van der Waals surface area contributed by atoms with Crippen molar-refractivity contribution in [2.24, 2.45) is 17.8 Å². The fraction of sp³-hybridized carbons (Fsp3) is 0.590. The summed E-state index contributed by atoms with van der Waals surface area (Å²) >= 11 is 6.45. The number of ketones is 1. The number of hydrogen-bond acceptors (Lipinski definition) is 9. The van der Waals surface area contributed by atoms with Gasteiger partial charge in [-0.1, -0.05) is 29.8 Å². The van der Waals surface area contributed by atoms with Crippen LogP contribution in [0, 0.1) is 17.8 Å². The maximum absolute atomic E-state index is 13.7. The van der Waals surface area contributed by atoms with Gasteiger partial charge in [-0.25, -0.2) is 13.1 Å². The van der Waals surface area contributed by atoms with Crippen LogP contribution in [0.15, 0.2) is 53.4 Å². The molecule has 2 aromatic rings. The molecule has 3 aliphatic heterocycles. The van der Waals surface area contributed by atoms with Gasteiger partial charge in [-0.3, -0.25) is 9.59 Å². The summed E-state index contributed by atoms with van der Waals surface area (Å²) in [5, 5.41) is 0.710. The first-order valence-electron chi connectivity index (χ1n) is 18.3. The fourth-order valence-electron chi connectivity index (χ4n) is 8.46. The highest BCUT2D eigenvalue weighted by molar-refractivity contribution is 7.90. The molecule has 3 heterocycles. The van der Waals surface area contributed by atoms with E-state index in [-0.39, 0.29) is 47.2 Å². The summed E-state index contributed by atoms with van der Waals surface area (Å²) in [5.74, 6) is 0.602. The van der Waals surface area contributed by atoms with Crippen LogP contribution in [0.4, 0.5) is 5.69 Å². The molecule has 7 rings (SSSR count). The minimum atomic E-state index is -4.23. The molecule has 0 radical (unpaired) electrons. The van der Waals surface area contributed by atoms with Crippen LogP contribution in [0.2, 0.25) is 5.02 Å². The first-order valence-corrected chi connectivity index (χ1v) is 20.2. The van der Waals surface area contributed by atoms with Crippen molar-refractivity contribution in [3.63, 3.8) is 0 Å². The SMILES string of the molecule is CC1(C)OC/C=C/[C@H](OCC(=O)CC2CCOCC2)[C@@H]2CC[C@H]2CN2C[C@@]3(CCCc4cc(Cl)ccc43)COc3ccc(cc32)S(=O)(=O)NC1=O. The molecule has 4 atom stereocenters. The molecule has 1 saturated heterocycles. The van der Waals surface area contributed by atoms with Gasteiger partial charge in [-0.15, -0.1) is 0 Å². The van der Waals surface area contributed by atoms with E-state index in [1.165, 1.54) is 17.2 Å². The Bertz CT molecular complexity index is 1770. The molecule has 2 aromatic carbocycles. The second kappa shape index (κ2) is 14.8. The van der Waals surface area contributed by atoms with E-state index in [1.54, 1.807) is 26.0 Å². The van der Waals surface area contributed by atoms with E-state index >= 15 is 0 Å². The van der Waals surface area contributed by atoms with Gasteiger partial charge in [-0.2, -0.15) is 0 Å². The highest BCUT2D eigenvalue weighted by Crippen LogP contribution is 2.47. The Morgan fingerprint density at radius 3 is 2.71 bits per heavy atom. The van der Waals surface area contributed by atoms with Gasteiger partial charge in [0.05, 0.1) is 29.9 Å². The Morgan fingerprint density at radius 1 is 1.10 bits per heavy atom. The molecule has 10 nitrogen and oxygen atoms in total. The largest absolute Gasteiger partial charge is 0.490 e. The van der Waals surface area contributed by atoms with E-state index in [1.807, 2.05) is 18.2 Å². The molecule has 2 fully saturated rings. The number of carbonyl (C=O) groups excluding carboxylic acids is 2. The van der Waals surface area contributed by atoms with Crippen molar-refractivity contribution in [3.05, 3.63) is 64.7 Å². The number of benzene rings is 2. The molecule has 1 N–H and O–H groups in total. The van der Waals surface area contributed by atoms with E-state index in [4.69, 9.17) is 30.5 Å². The van der Waals surface area contributed by atoms with Gasteiger partial charge in [0.1, 0.15) is 18.0 Å². The molecule has 276 valence electrons. The Hall–Kier alpha value is -2.96. The number of fused-ring (bicyclic) bond motifs is 4. The minimum absolute atomic E-state index is 0.0211. The van der Waals surface area contributed by atoms with Crippen molar-refractivity contribution < 1.29 is 37.0 Å². The zero-order chi connectivity index (χ0) is 35.8. The van der Waals surface area contributed by atoms with Gasteiger partial charge in [0, 0.05) is 43.2 Å². The van der Waals surface area contributed by atoms with Gasteiger partial charge >= 0.3 is 0 Å². The molecule has 0 unspecified atom stereocenters. The molecule has 2 bridgehead atoms. The van der Waals surface area contributed by atoms with Gasteiger partial charge < -0.3 is 23.8 Å². The first kappa shape index (κ1) is 36.4. The number of halogens is 1. The van der Waals surface area contributed by atoms with Crippen LogP contribution in [0.1, 0.15) is 69.9 Å². The lowest BCUT2D eigenvalue weighted by molar-refractivity contribution is -0.139. The maximum atomic E-state index is 13.7. The lowest BCUT2D eigenvalue weighted by Crippen LogP contribution is -2.50. The molecule has 1 saturated carbocycles. The quantitative estimate of drug-likeness (QED) is 0.381. The van der Waals surface area contributed by atoms with Gasteiger partial charge in [0.2, 0.25) is 0 Å². The number of nitrogens with zero attached hydrogens (tertiary/aromatic N) is 1. The predicted molar refractivity (Wildman–Crippen MR) is 194 cm³/mol. The number of sulfonamides is 1. The standard InChI is InChI=1S/C39H49ClN2O8S/c1-38(2)37(44)41-51(45,46)31-9-12-36-34(21-31)42(24-39(25-49-36)15-3-5-27-20-29(40)8-11-33(27)39)22-28-7-10-32(28)35(6-4-16-50-38)48-23-30(43)19-26-13-17-47-18-14-26/h4,6,8-9,11-12,20-21,26,28,32,35H,3,5,7,10,13-19,22-25H2,1-2H3,(H,41,44)/b6-4+/t28-,32+,35-,39-/m0/s1. The Morgan fingerprint density at radius 2 is 1.92 bits per heavy atom. The van der Waals surface area contributed by atoms with Gasteiger partial charge in [0.15, 0.2) is 5.78 Å². The van der Waals surface area contributed by atoms with Crippen molar-refractivity contribution in [1.29, 1.82) is 0 Å². The van der Waals surface area contributed by atoms with E-state index in [9.17, 15) is 18.0 Å². The van der Waals surface area contributed by atoms with Crippen LogP contribution in [-0.4, -0.2) is 77.9 Å². The number of hydrogen-bond donors (Lipinski definition) is 1. The number of ether oxygens (including phenoxy) is 4. The van der Waals surface area contributed by atoms with Gasteiger partial charge in [-0.05, 0) is 118 Å². The number of rotatable bonds is 5. The second-order valence-corrected chi connectivity index (χ2v) is 17.6. The molecule has 51 heavy (non-hydrogen) atoms. The Balaban J connectivity index is 1.22. The fourth-order valence-corrected chi connectivity index (χ4v) is 9.77. The van der Waals surface area contributed by atoms with Gasteiger partial charge in [0.25, 0.3) is 15.9 Å². The summed E-state index contributed by atoms with van der Waals surface area (Å²) in [5.41, 5.74) is 1.35. The van der Waals surface area contributed by atoms with Crippen molar-refractivity contribution in [2.75, 3.05) is 51.0 Å². The molecule has 1 spiro atoms. The van der Waals surface area contributed by atoms with Crippen LogP contribution in [-0.2, 0) is 45.7 Å². The van der Waals surface area contributed by atoms with Crippen LogP contribution < -0.4 is 14.4 Å². The van der Waals surface area contributed by atoms with Crippen LogP contribution in [0.3, 0.4) is 0 Å². The number of nitrogens with one attached hydrogen (secondary N) is 1. The zero-order valence-corrected chi connectivity index (χ0v) is 31.1. The smallest absolute Gasteiger partial charge is 0.265 e. The number of Topliss-reactive ketones (excluding diaryl/α,β-unsaturated/α-hetero) is 1. The van der Waals surface area contributed by atoms with Crippen molar-refractivity contribution in [3.8, 4) is 5.75 Å². The average Bonchev–Trinajstić information content (AvgIpc) is 3.23. The van der Waals surface area contributed by atoms with E-state index in [0.717, 1.165) is 44.9 Å². The molecular formula is C39H49ClN2O8S. The highest BCUT2D eigenvalue weighted by Gasteiger charge is 2.45. The number of carbonyl (C=O) groups is 2. The summed E-state index contributed by atoms with van der Waals surface area (Å²) in [6.07, 6.45) is 10.5. The van der Waals surface area contributed by atoms with Crippen molar-refractivity contribution >= 4 is 39.0 Å². The minimum Gasteiger partial charge on any atom is -0.490 e. The summed E-state index contributed by atoms with van der Waals surface area (Å²) in [7, 11) is -4.23.